The number of hydrogen-bond donors (Lipinski definition) is 1. The van der Waals surface area contributed by atoms with Crippen molar-refractivity contribution in [3.63, 3.8) is 0 Å². The zero-order valence-corrected chi connectivity index (χ0v) is 16.7. The molecular formula is C21H26ClNO3. The Morgan fingerprint density at radius 2 is 1.65 bits per heavy atom. The molecule has 0 spiro atoms. The lowest BCUT2D eigenvalue weighted by atomic mass is 10.1. The van der Waals surface area contributed by atoms with E-state index in [4.69, 9.17) is 21.1 Å². The number of carbonyl (C=O) groups is 1. The third kappa shape index (κ3) is 5.15. The number of aryl methyl sites for hydroxylation is 2. The predicted octanol–water partition coefficient (Wildman–Crippen LogP) is 5.00. The molecule has 1 amide bonds. The molecule has 0 fully saturated rings. The highest BCUT2D eigenvalue weighted by molar-refractivity contribution is 6.32. The topological polar surface area (TPSA) is 47.6 Å². The van der Waals surface area contributed by atoms with Crippen LogP contribution in [0.15, 0.2) is 36.4 Å². The van der Waals surface area contributed by atoms with Gasteiger partial charge in [0.05, 0.1) is 12.6 Å². The molecule has 1 N–H and O–H groups in total. The van der Waals surface area contributed by atoms with Crippen LogP contribution >= 0.6 is 11.6 Å². The van der Waals surface area contributed by atoms with Gasteiger partial charge in [-0.25, -0.2) is 0 Å². The molecule has 140 valence electrons. The third-order valence-electron chi connectivity index (χ3n) is 4.14. The summed E-state index contributed by atoms with van der Waals surface area (Å²) in [6, 6.07) is 11.3. The van der Waals surface area contributed by atoms with Crippen molar-refractivity contribution in [2.45, 2.75) is 46.8 Å². The summed E-state index contributed by atoms with van der Waals surface area (Å²) >= 11 is 6.17. The molecule has 2 aromatic rings. The zero-order valence-electron chi connectivity index (χ0n) is 15.9. The second-order valence-corrected chi connectivity index (χ2v) is 6.74. The van der Waals surface area contributed by atoms with Crippen molar-refractivity contribution in [3.05, 3.63) is 58.1 Å². The van der Waals surface area contributed by atoms with Crippen LogP contribution in [0.5, 0.6) is 11.5 Å². The van der Waals surface area contributed by atoms with Gasteiger partial charge in [0.15, 0.2) is 6.10 Å². The van der Waals surface area contributed by atoms with E-state index in [-0.39, 0.29) is 11.9 Å². The Morgan fingerprint density at radius 3 is 2.19 bits per heavy atom. The molecular weight excluding hydrogens is 350 g/mol. The van der Waals surface area contributed by atoms with Crippen molar-refractivity contribution >= 4 is 17.5 Å². The van der Waals surface area contributed by atoms with Gasteiger partial charge in [-0.1, -0.05) is 23.7 Å². The molecule has 0 radical (unpaired) electrons. The van der Waals surface area contributed by atoms with Crippen LogP contribution in [0.3, 0.4) is 0 Å². The Labute approximate surface area is 160 Å². The summed E-state index contributed by atoms with van der Waals surface area (Å²) < 4.78 is 11.2. The lowest BCUT2D eigenvalue weighted by Gasteiger charge is -2.20. The fourth-order valence-electron chi connectivity index (χ4n) is 2.67. The molecule has 4 nitrogen and oxygen atoms in total. The fourth-order valence-corrected chi connectivity index (χ4v) is 2.77. The second kappa shape index (κ2) is 8.95. The molecule has 0 saturated carbocycles. The van der Waals surface area contributed by atoms with Crippen LogP contribution in [0, 0.1) is 13.8 Å². The molecule has 0 aromatic heterocycles. The number of ether oxygens (including phenoxy) is 2. The first-order valence-corrected chi connectivity index (χ1v) is 9.16. The summed E-state index contributed by atoms with van der Waals surface area (Å²) in [6.07, 6.45) is -0.611. The Hall–Kier alpha value is -2.20. The molecule has 5 heteroatoms. The number of rotatable bonds is 7. The van der Waals surface area contributed by atoms with Gasteiger partial charge in [0.1, 0.15) is 11.5 Å². The van der Waals surface area contributed by atoms with Crippen LogP contribution < -0.4 is 14.8 Å². The number of amides is 1. The van der Waals surface area contributed by atoms with Gasteiger partial charge < -0.3 is 14.8 Å². The van der Waals surface area contributed by atoms with Crippen molar-refractivity contribution in [2.75, 3.05) is 6.61 Å². The smallest absolute Gasteiger partial charge is 0.261 e. The Balaban J connectivity index is 1.97. The standard InChI is InChI=1S/C21H26ClNO3/c1-6-25-18-9-7-17(8-10-18)15(4)23-21(24)16(5)26-19-11-13(2)20(22)14(3)12-19/h7-12,15-16H,6H2,1-5H3,(H,23,24)/t15-,16+/m0/s1. The lowest BCUT2D eigenvalue weighted by Crippen LogP contribution is -2.37. The number of carbonyl (C=O) groups excluding carboxylic acids is 1. The molecule has 0 aliphatic rings. The van der Waals surface area contributed by atoms with Gasteiger partial charge in [0.25, 0.3) is 5.91 Å². The van der Waals surface area contributed by atoms with E-state index in [0.29, 0.717) is 12.4 Å². The van der Waals surface area contributed by atoms with Gasteiger partial charge >= 0.3 is 0 Å². The fraction of sp³-hybridized carbons (Fsp3) is 0.381. The van der Waals surface area contributed by atoms with Crippen LogP contribution in [0.4, 0.5) is 0 Å². The van der Waals surface area contributed by atoms with Gasteiger partial charge in [0, 0.05) is 5.02 Å². The van der Waals surface area contributed by atoms with Crippen LogP contribution in [0.25, 0.3) is 0 Å². The molecule has 2 atom stereocenters. The van der Waals surface area contributed by atoms with Gasteiger partial charge in [-0.05, 0) is 75.6 Å². The van der Waals surface area contributed by atoms with Gasteiger partial charge in [-0.2, -0.15) is 0 Å². The largest absolute Gasteiger partial charge is 0.494 e. The van der Waals surface area contributed by atoms with E-state index in [1.807, 2.05) is 64.1 Å². The molecule has 2 rings (SSSR count). The molecule has 26 heavy (non-hydrogen) atoms. The number of halogens is 1. The molecule has 0 saturated heterocycles. The highest BCUT2D eigenvalue weighted by Crippen LogP contribution is 2.26. The maximum absolute atomic E-state index is 12.5. The number of benzene rings is 2. The normalized spacial score (nSPS) is 13.0. The summed E-state index contributed by atoms with van der Waals surface area (Å²) in [5, 5.41) is 3.70. The Kier molecular flexibility index (Phi) is 6.92. The molecule has 0 unspecified atom stereocenters. The Morgan fingerprint density at radius 1 is 1.08 bits per heavy atom. The van der Waals surface area contributed by atoms with Crippen molar-refractivity contribution in [1.82, 2.24) is 5.32 Å². The summed E-state index contributed by atoms with van der Waals surface area (Å²) in [4.78, 5) is 12.5. The van der Waals surface area contributed by atoms with E-state index in [2.05, 4.69) is 5.32 Å². The predicted molar refractivity (Wildman–Crippen MR) is 105 cm³/mol. The average molecular weight is 376 g/mol. The molecule has 0 aliphatic heterocycles. The molecule has 0 bridgehead atoms. The second-order valence-electron chi connectivity index (χ2n) is 6.36. The first-order valence-electron chi connectivity index (χ1n) is 8.78. The highest BCUT2D eigenvalue weighted by atomic mass is 35.5. The van der Waals surface area contributed by atoms with Crippen LogP contribution in [0.2, 0.25) is 5.02 Å². The first-order chi connectivity index (χ1) is 12.3. The molecule has 0 heterocycles. The van der Waals surface area contributed by atoms with Gasteiger partial charge in [0.2, 0.25) is 0 Å². The van der Waals surface area contributed by atoms with Crippen LogP contribution in [0.1, 0.15) is 43.5 Å². The monoisotopic (exact) mass is 375 g/mol. The van der Waals surface area contributed by atoms with E-state index in [0.717, 1.165) is 27.5 Å². The first kappa shape index (κ1) is 20.1. The van der Waals surface area contributed by atoms with Crippen LogP contribution in [-0.4, -0.2) is 18.6 Å². The molecule has 2 aromatic carbocycles. The van der Waals surface area contributed by atoms with E-state index >= 15 is 0 Å². The van der Waals surface area contributed by atoms with Crippen LogP contribution in [-0.2, 0) is 4.79 Å². The average Bonchev–Trinajstić information content (AvgIpc) is 2.60. The van der Waals surface area contributed by atoms with Crippen molar-refractivity contribution in [3.8, 4) is 11.5 Å². The van der Waals surface area contributed by atoms with Crippen molar-refractivity contribution < 1.29 is 14.3 Å². The summed E-state index contributed by atoms with van der Waals surface area (Å²) in [7, 11) is 0. The highest BCUT2D eigenvalue weighted by Gasteiger charge is 2.18. The number of nitrogens with one attached hydrogen (secondary N) is 1. The quantitative estimate of drug-likeness (QED) is 0.740. The van der Waals surface area contributed by atoms with E-state index in [1.54, 1.807) is 6.92 Å². The van der Waals surface area contributed by atoms with Crippen molar-refractivity contribution in [1.29, 1.82) is 0 Å². The molecule has 0 aliphatic carbocycles. The maximum atomic E-state index is 12.5. The lowest BCUT2D eigenvalue weighted by molar-refractivity contribution is -0.127. The SMILES string of the molecule is CCOc1ccc([C@H](C)NC(=O)[C@@H](C)Oc2cc(C)c(Cl)c(C)c2)cc1. The third-order valence-corrected chi connectivity index (χ3v) is 4.74. The Bertz CT molecular complexity index is 735. The van der Waals surface area contributed by atoms with E-state index in [9.17, 15) is 4.79 Å². The minimum absolute atomic E-state index is 0.127. The van der Waals surface area contributed by atoms with E-state index in [1.165, 1.54) is 0 Å². The van der Waals surface area contributed by atoms with Crippen molar-refractivity contribution in [2.24, 2.45) is 0 Å². The summed E-state index contributed by atoms with van der Waals surface area (Å²) in [6.45, 7) is 10.1. The van der Waals surface area contributed by atoms with Gasteiger partial charge in [-0.3, -0.25) is 4.79 Å². The van der Waals surface area contributed by atoms with E-state index < -0.39 is 6.10 Å². The van der Waals surface area contributed by atoms with Gasteiger partial charge in [-0.15, -0.1) is 0 Å². The maximum Gasteiger partial charge on any atom is 0.261 e. The summed E-state index contributed by atoms with van der Waals surface area (Å²) in [5.41, 5.74) is 2.86. The zero-order chi connectivity index (χ0) is 19.3. The number of hydrogen-bond acceptors (Lipinski definition) is 3. The minimum atomic E-state index is -0.611. The minimum Gasteiger partial charge on any atom is -0.494 e. The summed E-state index contributed by atoms with van der Waals surface area (Å²) in [5.74, 6) is 1.29.